The number of hydrogen-bond acceptors (Lipinski definition) is 4. The second-order valence-electron chi connectivity index (χ2n) is 6.30. The first-order valence-electron chi connectivity index (χ1n) is 8.65. The lowest BCUT2D eigenvalue weighted by Crippen LogP contribution is -2.32. The number of amides is 1. The largest absolute Gasteiger partial charge is 0.350 e. The number of nitrogens with one attached hydrogen (secondary N) is 1. The third-order valence-electron chi connectivity index (χ3n) is 4.00. The Morgan fingerprint density at radius 1 is 1.15 bits per heavy atom. The molecule has 27 heavy (non-hydrogen) atoms. The lowest BCUT2D eigenvalue weighted by molar-refractivity contribution is 0.0950. The Bertz CT molecular complexity index is 1020. The summed E-state index contributed by atoms with van der Waals surface area (Å²) < 4.78 is 1.36. The van der Waals surface area contributed by atoms with Gasteiger partial charge in [0.25, 0.3) is 11.5 Å². The van der Waals surface area contributed by atoms with Crippen molar-refractivity contribution in [2.75, 3.05) is 12.3 Å². The highest BCUT2D eigenvalue weighted by molar-refractivity contribution is 7.99. The number of halogens is 1. The molecule has 0 aliphatic rings. The molecule has 3 rings (SSSR count). The average molecular weight is 402 g/mol. The highest BCUT2D eigenvalue weighted by Crippen LogP contribution is 2.20. The van der Waals surface area contributed by atoms with Crippen molar-refractivity contribution in [1.82, 2.24) is 15.1 Å². The zero-order valence-corrected chi connectivity index (χ0v) is 16.7. The van der Waals surface area contributed by atoms with Gasteiger partial charge < -0.3 is 5.32 Å². The second kappa shape index (κ2) is 8.59. The molecule has 1 aromatic heterocycles. The Labute approximate surface area is 166 Å². The van der Waals surface area contributed by atoms with Gasteiger partial charge in [-0.2, -0.15) is 5.10 Å². The van der Waals surface area contributed by atoms with Gasteiger partial charge in [0, 0.05) is 27.6 Å². The molecule has 5 nitrogen and oxygen atoms in total. The van der Waals surface area contributed by atoms with Gasteiger partial charge in [0.05, 0.1) is 11.4 Å². The van der Waals surface area contributed by atoms with Gasteiger partial charge in [0.15, 0.2) is 5.69 Å². The summed E-state index contributed by atoms with van der Waals surface area (Å²) in [5.74, 6) is 0.437. The second-order valence-corrected chi connectivity index (χ2v) is 7.90. The Balaban J connectivity index is 1.74. The van der Waals surface area contributed by atoms with Crippen LogP contribution in [0.1, 0.15) is 30.4 Å². The molecule has 1 heterocycles. The molecule has 2 aromatic carbocycles. The Hall–Kier alpha value is -2.31. The molecule has 0 fully saturated rings. The van der Waals surface area contributed by atoms with E-state index in [4.69, 9.17) is 11.6 Å². The normalized spacial score (nSPS) is 11.1. The van der Waals surface area contributed by atoms with Crippen LogP contribution in [-0.2, 0) is 0 Å². The van der Waals surface area contributed by atoms with E-state index in [0.29, 0.717) is 22.3 Å². The van der Waals surface area contributed by atoms with Crippen LogP contribution >= 0.6 is 23.4 Å². The summed E-state index contributed by atoms with van der Waals surface area (Å²) >= 11 is 7.51. The molecule has 7 heteroatoms. The van der Waals surface area contributed by atoms with Crippen LogP contribution in [0.2, 0.25) is 5.02 Å². The summed E-state index contributed by atoms with van der Waals surface area (Å²) in [4.78, 5) is 26.3. The van der Waals surface area contributed by atoms with Crippen LogP contribution in [0.4, 0.5) is 0 Å². The van der Waals surface area contributed by atoms with Gasteiger partial charge in [-0.25, -0.2) is 4.68 Å². The molecule has 0 radical (unpaired) electrons. The van der Waals surface area contributed by atoms with Gasteiger partial charge in [-0.15, -0.1) is 11.8 Å². The van der Waals surface area contributed by atoms with Gasteiger partial charge >= 0.3 is 0 Å². The van der Waals surface area contributed by atoms with Crippen molar-refractivity contribution < 1.29 is 4.79 Å². The molecule has 0 aliphatic heterocycles. The van der Waals surface area contributed by atoms with E-state index in [1.54, 1.807) is 36.0 Å². The van der Waals surface area contributed by atoms with E-state index < -0.39 is 0 Å². The SMILES string of the molecule is CC(C)n1nc(C(=O)NCCSc2ccc(Cl)cc2)c2ccccc2c1=O. The Kier molecular flexibility index (Phi) is 6.19. The molecule has 3 aromatic rings. The Morgan fingerprint density at radius 3 is 2.48 bits per heavy atom. The van der Waals surface area contributed by atoms with E-state index >= 15 is 0 Å². The molecular weight excluding hydrogens is 382 g/mol. The lowest BCUT2D eigenvalue weighted by atomic mass is 10.1. The molecule has 1 N–H and O–H groups in total. The van der Waals surface area contributed by atoms with Crippen molar-refractivity contribution in [1.29, 1.82) is 0 Å². The molecule has 140 valence electrons. The van der Waals surface area contributed by atoms with Crippen molar-refractivity contribution in [2.45, 2.75) is 24.8 Å². The van der Waals surface area contributed by atoms with Crippen LogP contribution < -0.4 is 10.9 Å². The third kappa shape index (κ3) is 4.51. The van der Waals surface area contributed by atoms with Crippen LogP contribution in [0.25, 0.3) is 10.8 Å². The number of benzene rings is 2. The van der Waals surface area contributed by atoms with Gasteiger partial charge in [0.2, 0.25) is 0 Å². The van der Waals surface area contributed by atoms with Gasteiger partial charge in [0.1, 0.15) is 0 Å². The summed E-state index contributed by atoms with van der Waals surface area (Å²) in [5, 5.41) is 8.98. The first kappa shape index (κ1) is 19.5. The smallest absolute Gasteiger partial charge is 0.274 e. The fraction of sp³-hybridized carbons (Fsp3) is 0.250. The zero-order valence-electron chi connectivity index (χ0n) is 15.1. The standard InChI is InChI=1S/C20H20ClN3O2S/c1-13(2)24-20(26)17-6-4-3-5-16(17)18(23-24)19(25)22-11-12-27-15-9-7-14(21)8-10-15/h3-10,13H,11-12H2,1-2H3,(H,22,25). The molecule has 0 saturated carbocycles. The number of carbonyl (C=O) groups excluding carboxylic acids is 1. The molecule has 0 unspecified atom stereocenters. The molecule has 0 spiro atoms. The van der Waals surface area contributed by atoms with Crippen LogP contribution in [0, 0.1) is 0 Å². The zero-order chi connectivity index (χ0) is 19.4. The average Bonchev–Trinajstić information content (AvgIpc) is 2.66. The maximum Gasteiger partial charge on any atom is 0.274 e. The molecule has 0 saturated heterocycles. The van der Waals surface area contributed by atoms with Crippen molar-refractivity contribution in [3.05, 3.63) is 69.6 Å². The molecular formula is C20H20ClN3O2S. The van der Waals surface area contributed by atoms with Crippen LogP contribution in [0.5, 0.6) is 0 Å². The van der Waals surface area contributed by atoms with Crippen LogP contribution in [0.15, 0.2) is 58.2 Å². The number of thioether (sulfide) groups is 1. The quantitative estimate of drug-likeness (QED) is 0.497. The van der Waals surface area contributed by atoms with Crippen LogP contribution in [-0.4, -0.2) is 28.0 Å². The van der Waals surface area contributed by atoms with E-state index in [1.165, 1.54) is 4.68 Å². The molecule has 0 bridgehead atoms. The van der Waals surface area contributed by atoms with Crippen LogP contribution in [0.3, 0.4) is 0 Å². The summed E-state index contributed by atoms with van der Waals surface area (Å²) in [6.07, 6.45) is 0. The minimum absolute atomic E-state index is 0.130. The van der Waals surface area contributed by atoms with E-state index in [9.17, 15) is 9.59 Å². The number of carbonyl (C=O) groups is 1. The number of rotatable bonds is 6. The molecule has 1 amide bonds. The molecule has 0 atom stereocenters. The summed E-state index contributed by atoms with van der Waals surface area (Å²) in [6.45, 7) is 4.23. The topological polar surface area (TPSA) is 64.0 Å². The van der Waals surface area contributed by atoms with E-state index in [1.807, 2.05) is 38.1 Å². The number of fused-ring (bicyclic) bond motifs is 1. The number of aromatic nitrogens is 2. The minimum Gasteiger partial charge on any atom is -0.350 e. The predicted octanol–water partition coefficient (Wildman–Crippen LogP) is 4.15. The van der Waals surface area contributed by atoms with Crippen molar-refractivity contribution in [3.8, 4) is 0 Å². The van der Waals surface area contributed by atoms with Gasteiger partial charge in [-0.1, -0.05) is 29.8 Å². The van der Waals surface area contributed by atoms with E-state index in [2.05, 4.69) is 10.4 Å². The highest BCUT2D eigenvalue weighted by Gasteiger charge is 2.17. The molecule has 0 aliphatic carbocycles. The number of nitrogens with zero attached hydrogens (tertiary/aromatic N) is 2. The first-order valence-corrected chi connectivity index (χ1v) is 10.0. The van der Waals surface area contributed by atoms with Crippen molar-refractivity contribution in [3.63, 3.8) is 0 Å². The lowest BCUT2D eigenvalue weighted by Gasteiger charge is -2.13. The number of hydrogen-bond donors (Lipinski definition) is 1. The third-order valence-corrected chi connectivity index (χ3v) is 5.27. The highest BCUT2D eigenvalue weighted by atomic mass is 35.5. The fourth-order valence-corrected chi connectivity index (χ4v) is 3.57. The summed E-state index contributed by atoms with van der Waals surface area (Å²) in [6, 6.07) is 14.5. The van der Waals surface area contributed by atoms with E-state index in [0.717, 1.165) is 10.6 Å². The monoisotopic (exact) mass is 401 g/mol. The van der Waals surface area contributed by atoms with Crippen molar-refractivity contribution in [2.24, 2.45) is 0 Å². The maximum atomic E-state index is 12.7. The predicted molar refractivity (Wildman–Crippen MR) is 111 cm³/mol. The minimum atomic E-state index is -0.280. The summed E-state index contributed by atoms with van der Waals surface area (Å²) in [5.41, 5.74) is 0.0887. The van der Waals surface area contributed by atoms with Gasteiger partial charge in [-0.3, -0.25) is 9.59 Å². The Morgan fingerprint density at radius 2 is 1.81 bits per heavy atom. The first-order chi connectivity index (χ1) is 13.0. The maximum absolute atomic E-state index is 12.7. The van der Waals surface area contributed by atoms with E-state index in [-0.39, 0.29) is 23.2 Å². The fourth-order valence-electron chi connectivity index (χ4n) is 2.67. The van der Waals surface area contributed by atoms with Crippen molar-refractivity contribution >= 4 is 40.0 Å². The summed E-state index contributed by atoms with van der Waals surface area (Å²) in [7, 11) is 0. The van der Waals surface area contributed by atoms with Gasteiger partial charge in [-0.05, 0) is 44.2 Å².